The molecule has 0 amide bonds. The molecule has 0 bridgehead atoms. The van der Waals surface area contributed by atoms with E-state index in [0.717, 1.165) is 29.2 Å². The summed E-state index contributed by atoms with van der Waals surface area (Å²) in [5.74, 6) is -0.560. The largest absolute Gasteiger partial charge is 0.463 e. The van der Waals surface area contributed by atoms with Gasteiger partial charge in [-0.25, -0.2) is 9.79 Å². The first-order valence-corrected chi connectivity index (χ1v) is 18.3. The fourth-order valence-electron chi connectivity index (χ4n) is 5.22. The second kappa shape index (κ2) is 14.0. The van der Waals surface area contributed by atoms with Gasteiger partial charge in [-0.3, -0.25) is 19.5 Å². The standard InChI is InChI=1S/C35H27N3O8S3/c1-3-45-34(40)30-31(23-7-5-4-6-8-23)36-35-37(32(30)24-11-17-27(47-2)18-12-24)33(39)29(48-35)21-22-9-15-26(16-10-22)46-49(43,44)28-19-13-25(14-20-28)38(41)42/h4-21,32H,3H2,1-2H3/b29-21-/t32-/m0/s1. The van der Waals surface area contributed by atoms with Crippen LogP contribution >= 0.6 is 23.1 Å². The summed E-state index contributed by atoms with van der Waals surface area (Å²) in [6.07, 6.45) is 3.62. The number of nitro groups is 1. The van der Waals surface area contributed by atoms with E-state index in [2.05, 4.69) is 0 Å². The summed E-state index contributed by atoms with van der Waals surface area (Å²) in [5, 5.41) is 10.9. The molecule has 4 aromatic carbocycles. The molecule has 14 heteroatoms. The fraction of sp³-hybridized carbons (Fsp3) is 0.114. The molecule has 1 atom stereocenters. The molecule has 1 aliphatic rings. The summed E-state index contributed by atoms with van der Waals surface area (Å²) in [6, 6.07) is 26.5. The second-order valence-electron chi connectivity index (χ2n) is 10.6. The van der Waals surface area contributed by atoms with Gasteiger partial charge in [0.15, 0.2) is 4.80 Å². The third-order valence-electron chi connectivity index (χ3n) is 7.53. The number of nitro benzene ring substituents is 1. The Morgan fingerprint density at radius 3 is 2.29 bits per heavy atom. The Labute approximate surface area is 288 Å². The molecule has 0 saturated heterocycles. The molecule has 0 unspecified atom stereocenters. The van der Waals surface area contributed by atoms with Gasteiger partial charge in [0.2, 0.25) is 0 Å². The van der Waals surface area contributed by atoms with Gasteiger partial charge in [0.05, 0.1) is 33.4 Å². The van der Waals surface area contributed by atoms with E-state index >= 15 is 0 Å². The van der Waals surface area contributed by atoms with Gasteiger partial charge in [-0.15, -0.1) is 11.8 Å². The van der Waals surface area contributed by atoms with Gasteiger partial charge in [0, 0.05) is 22.6 Å². The van der Waals surface area contributed by atoms with Crippen molar-refractivity contribution in [2.75, 3.05) is 12.9 Å². The van der Waals surface area contributed by atoms with E-state index in [0.29, 0.717) is 31.7 Å². The van der Waals surface area contributed by atoms with Crippen LogP contribution in [0.1, 0.15) is 29.7 Å². The molecule has 0 radical (unpaired) electrons. The predicted octanol–water partition coefficient (Wildman–Crippen LogP) is 5.33. The Morgan fingerprint density at radius 2 is 1.67 bits per heavy atom. The number of thioether (sulfide) groups is 1. The summed E-state index contributed by atoms with van der Waals surface area (Å²) in [7, 11) is -4.26. The number of hydrogen-bond acceptors (Lipinski definition) is 11. The number of fused-ring (bicyclic) bond motifs is 1. The maximum atomic E-state index is 14.1. The van der Waals surface area contributed by atoms with Crippen molar-refractivity contribution in [2.24, 2.45) is 4.99 Å². The van der Waals surface area contributed by atoms with Gasteiger partial charge >= 0.3 is 16.1 Å². The second-order valence-corrected chi connectivity index (χ2v) is 14.0. The highest BCUT2D eigenvalue weighted by molar-refractivity contribution is 7.98. The number of carbonyl (C=O) groups is 1. The van der Waals surface area contributed by atoms with Crippen LogP contribution in [-0.4, -0.2) is 36.7 Å². The van der Waals surface area contributed by atoms with Gasteiger partial charge in [-0.1, -0.05) is 65.9 Å². The van der Waals surface area contributed by atoms with E-state index in [1.54, 1.807) is 36.9 Å². The minimum absolute atomic E-state index is 0.0113. The molecular formula is C35H27N3O8S3. The van der Waals surface area contributed by atoms with Crippen LogP contribution in [0.15, 0.2) is 128 Å². The zero-order chi connectivity index (χ0) is 34.7. The Morgan fingerprint density at radius 1 is 1.00 bits per heavy atom. The molecule has 0 aliphatic carbocycles. The van der Waals surface area contributed by atoms with Crippen LogP contribution in [0.4, 0.5) is 5.69 Å². The van der Waals surface area contributed by atoms with Crippen LogP contribution in [-0.2, 0) is 19.6 Å². The van der Waals surface area contributed by atoms with E-state index in [4.69, 9.17) is 13.9 Å². The van der Waals surface area contributed by atoms with Crippen LogP contribution in [0, 0.1) is 10.1 Å². The molecule has 6 rings (SSSR count). The minimum Gasteiger partial charge on any atom is -0.463 e. The highest BCUT2D eigenvalue weighted by atomic mass is 32.2. The van der Waals surface area contributed by atoms with E-state index in [1.807, 2.05) is 60.9 Å². The van der Waals surface area contributed by atoms with Gasteiger partial charge in [0.1, 0.15) is 10.6 Å². The smallest absolute Gasteiger partial charge is 0.339 e. The molecule has 1 aromatic heterocycles. The summed E-state index contributed by atoms with van der Waals surface area (Å²) in [6.45, 7) is 1.86. The molecule has 1 aliphatic heterocycles. The maximum absolute atomic E-state index is 14.1. The number of non-ortho nitro benzene ring substituents is 1. The monoisotopic (exact) mass is 713 g/mol. The van der Waals surface area contributed by atoms with Crippen molar-refractivity contribution in [3.05, 3.63) is 155 Å². The first-order valence-electron chi connectivity index (χ1n) is 14.8. The van der Waals surface area contributed by atoms with Gasteiger partial charge < -0.3 is 8.92 Å². The molecule has 0 N–H and O–H groups in total. The molecule has 0 saturated carbocycles. The molecule has 5 aromatic rings. The maximum Gasteiger partial charge on any atom is 0.339 e. The lowest BCUT2D eigenvalue weighted by molar-refractivity contribution is -0.384. The van der Waals surface area contributed by atoms with Gasteiger partial charge in [-0.2, -0.15) is 8.42 Å². The topological polar surface area (TPSA) is 147 Å². The zero-order valence-corrected chi connectivity index (χ0v) is 28.5. The van der Waals surface area contributed by atoms with Gasteiger partial charge in [-0.05, 0) is 66.8 Å². The number of ether oxygens (including phenoxy) is 1. The minimum atomic E-state index is -4.26. The number of nitrogens with zero attached hydrogens (tertiary/aromatic N) is 3. The van der Waals surface area contributed by atoms with Crippen molar-refractivity contribution in [3.63, 3.8) is 0 Å². The molecule has 0 spiro atoms. The van der Waals surface area contributed by atoms with E-state index in [9.17, 15) is 28.1 Å². The highest BCUT2D eigenvalue weighted by Gasteiger charge is 2.35. The third-order valence-corrected chi connectivity index (χ3v) is 10.5. The molecular weight excluding hydrogens is 687 g/mol. The number of rotatable bonds is 10. The average molecular weight is 714 g/mol. The van der Waals surface area contributed by atoms with Crippen LogP contribution in [0.3, 0.4) is 0 Å². The van der Waals surface area contributed by atoms with Crippen molar-refractivity contribution in [2.45, 2.75) is 22.8 Å². The van der Waals surface area contributed by atoms with E-state index in [-0.39, 0.29) is 34.1 Å². The summed E-state index contributed by atoms with van der Waals surface area (Å²) < 4.78 is 38.1. The fourth-order valence-corrected chi connectivity index (χ4v) is 7.56. The number of benzene rings is 4. The first-order chi connectivity index (χ1) is 23.6. The Hall–Kier alpha value is -5.31. The van der Waals surface area contributed by atoms with Crippen LogP contribution in [0.2, 0.25) is 0 Å². The normalized spacial score (nSPS) is 14.6. The molecule has 49 heavy (non-hydrogen) atoms. The lowest BCUT2D eigenvalue weighted by Gasteiger charge is -2.26. The highest BCUT2D eigenvalue weighted by Crippen LogP contribution is 2.35. The summed E-state index contributed by atoms with van der Waals surface area (Å²) >= 11 is 2.74. The van der Waals surface area contributed by atoms with Crippen LogP contribution in [0.25, 0.3) is 11.8 Å². The van der Waals surface area contributed by atoms with Crippen molar-refractivity contribution >= 4 is 56.6 Å². The Balaban J connectivity index is 1.41. The van der Waals surface area contributed by atoms with E-state index in [1.165, 1.54) is 28.0 Å². The number of esters is 1. The Bertz CT molecular complexity index is 2370. The van der Waals surface area contributed by atoms with Crippen molar-refractivity contribution in [1.29, 1.82) is 0 Å². The number of carbonyl (C=O) groups excluding carboxylic acids is 1. The number of aromatic nitrogens is 1. The lowest BCUT2D eigenvalue weighted by Crippen LogP contribution is -2.40. The SMILES string of the molecule is CCOC(=O)C1=C(c2ccccc2)N=c2s/c(=C\c3ccc(OS(=O)(=O)c4ccc([N+](=O)[O-])cc4)cc3)c(=O)n2[C@H]1c1ccc(SC)cc1. The molecule has 248 valence electrons. The predicted molar refractivity (Wildman–Crippen MR) is 187 cm³/mol. The molecule has 11 nitrogen and oxygen atoms in total. The van der Waals surface area contributed by atoms with Gasteiger partial charge in [0.25, 0.3) is 11.2 Å². The van der Waals surface area contributed by atoms with Crippen LogP contribution in [0.5, 0.6) is 5.75 Å². The summed E-state index contributed by atoms with van der Waals surface area (Å²) in [5.41, 5.74) is 2.06. The van der Waals surface area contributed by atoms with E-state index < -0.39 is 27.1 Å². The van der Waals surface area contributed by atoms with Crippen LogP contribution < -0.4 is 19.1 Å². The average Bonchev–Trinajstić information content (AvgIpc) is 3.42. The molecule has 0 fully saturated rings. The summed E-state index contributed by atoms with van der Waals surface area (Å²) in [4.78, 5) is 44.1. The zero-order valence-electron chi connectivity index (χ0n) is 26.0. The first kappa shape index (κ1) is 33.6. The third kappa shape index (κ3) is 6.97. The number of hydrogen-bond donors (Lipinski definition) is 0. The van der Waals surface area contributed by atoms with Crippen molar-refractivity contribution in [3.8, 4) is 5.75 Å². The molecule has 2 heterocycles. The lowest BCUT2D eigenvalue weighted by atomic mass is 9.93. The quantitative estimate of drug-likeness (QED) is 0.0616. The van der Waals surface area contributed by atoms with Crippen molar-refractivity contribution in [1.82, 2.24) is 4.57 Å². The van der Waals surface area contributed by atoms with Crippen molar-refractivity contribution < 1.29 is 27.1 Å². The Kier molecular flexibility index (Phi) is 9.62. The number of thiazole rings is 1.